The Labute approximate surface area is 129 Å². The standard InChI is InChI=1S/C13H17N3O4S2/c1-11-4-2-5-12(10-11)16-7-6-15-13(16)21(17,18)8-3-9-22(14,19)20/h2,4-7,10H,3,8-9H2,1H3,(H2,14,19,20). The number of hydrogen-bond acceptors (Lipinski definition) is 5. The summed E-state index contributed by atoms with van der Waals surface area (Å²) in [6, 6.07) is 7.34. The van der Waals surface area contributed by atoms with E-state index in [9.17, 15) is 16.8 Å². The Bertz CT molecular complexity index is 870. The summed E-state index contributed by atoms with van der Waals surface area (Å²) in [5.41, 5.74) is 1.67. The van der Waals surface area contributed by atoms with Crippen molar-refractivity contribution in [3.63, 3.8) is 0 Å². The summed E-state index contributed by atoms with van der Waals surface area (Å²) in [7, 11) is -7.37. The van der Waals surface area contributed by atoms with Gasteiger partial charge in [-0.1, -0.05) is 12.1 Å². The molecule has 2 rings (SSSR count). The van der Waals surface area contributed by atoms with Crippen LogP contribution in [-0.4, -0.2) is 37.9 Å². The van der Waals surface area contributed by atoms with Crippen LogP contribution in [0.15, 0.2) is 41.8 Å². The second-order valence-corrected chi connectivity index (χ2v) is 8.70. The van der Waals surface area contributed by atoms with Crippen LogP contribution >= 0.6 is 0 Å². The Morgan fingerprint density at radius 1 is 1.18 bits per heavy atom. The number of benzene rings is 1. The first kappa shape index (κ1) is 16.7. The van der Waals surface area contributed by atoms with Crippen molar-refractivity contribution in [1.29, 1.82) is 0 Å². The Kier molecular flexibility index (Phi) is 4.69. The molecule has 0 aliphatic rings. The monoisotopic (exact) mass is 343 g/mol. The average molecular weight is 343 g/mol. The van der Waals surface area contributed by atoms with Gasteiger partial charge in [0.05, 0.1) is 11.5 Å². The first-order valence-corrected chi connectivity index (χ1v) is 9.89. The smallest absolute Gasteiger partial charge is 0.232 e. The number of sulfonamides is 1. The van der Waals surface area contributed by atoms with Crippen molar-refractivity contribution in [2.45, 2.75) is 18.5 Å². The fourth-order valence-corrected chi connectivity index (χ4v) is 4.16. The Morgan fingerprint density at radius 2 is 1.91 bits per heavy atom. The summed E-state index contributed by atoms with van der Waals surface area (Å²) < 4.78 is 47.9. The fourth-order valence-electron chi connectivity index (χ4n) is 2.04. The highest BCUT2D eigenvalue weighted by atomic mass is 32.2. The maximum absolute atomic E-state index is 12.3. The minimum Gasteiger partial charge on any atom is -0.291 e. The van der Waals surface area contributed by atoms with Gasteiger partial charge in [-0.3, -0.25) is 4.57 Å². The highest BCUT2D eigenvalue weighted by Gasteiger charge is 2.22. The van der Waals surface area contributed by atoms with Gasteiger partial charge in [0.1, 0.15) is 0 Å². The van der Waals surface area contributed by atoms with E-state index in [0.29, 0.717) is 5.69 Å². The molecule has 1 aromatic carbocycles. The molecule has 120 valence electrons. The summed E-state index contributed by atoms with van der Waals surface area (Å²) in [4.78, 5) is 3.90. The van der Waals surface area contributed by atoms with Crippen LogP contribution in [0.25, 0.3) is 5.69 Å². The van der Waals surface area contributed by atoms with Crippen LogP contribution in [0.5, 0.6) is 0 Å². The predicted octanol–water partition coefficient (Wildman–Crippen LogP) is 0.633. The predicted molar refractivity (Wildman–Crippen MR) is 82.9 cm³/mol. The minimum atomic E-state index is -3.70. The molecule has 0 fully saturated rings. The lowest BCUT2D eigenvalue weighted by Gasteiger charge is -2.09. The van der Waals surface area contributed by atoms with Gasteiger partial charge in [-0.25, -0.2) is 27.0 Å². The molecule has 22 heavy (non-hydrogen) atoms. The molecule has 2 aromatic rings. The quantitative estimate of drug-likeness (QED) is 0.827. The highest BCUT2D eigenvalue weighted by Crippen LogP contribution is 2.17. The van der Waals surface area contributed by atoms with Gasteiger partial charge in [-0.2, -0.15) is 0 Å². The normalized spacial score (nSPS) is 12.5. The molecule has 0 atom stereocenters. The lowest BCUT2D eigenvalue weighted by molar-refractivity contribution is 0.581. The number of hydrogen-bond donors (Lipinski definition) is 1. The van der Waals surface area contributed by atoms with Crippen LogP contribution < -0.4 is 5.14 Å². The highest BCUT2D eigenvalue weighted by molar-refractivity contribution is 7.91. The maximum atomic E-state index is 12.3. The number of primary sulfonamides is 1. The van der Waals surface area contributed by atoms with Gasteiger partial charge in [-0.15, -0.1) is 0 Å². The van der Waals surface area contributed by atoms with Gasteiger partial charge in [0.2, 0.25) is 25.0 Å². The van der Waals surface area contributed by atoms with Gasteiger partial charge >= 0.3 is 0 Å². The van der Waals surface area contributed by atoms with Gasteiger partial charge in [0.25, 0.3) is 0 Å². The van der Waals surface area contributed by atoms with Gasteiger partial charge < -0.3 is 0 Å². The largest absolute Gasteiger partial charge is 0.291 e. The summed E-state index contributed by atoms with van der Waals surface area (Å²) in [5.74, 6) is -0.705. The van der Waals surface area contributed by atoms with Crippen molar-refractivity contribution in [2.24, 2.45) is 5.14 Å². The van der Waals surface area contributed by atoms with Crippen LogP contribution in [0, 0.1) is 6.92 Å². The number of rotatable bonds is 6. The molecular weight excluding hydrogens is 326 g/mol. The number of sulfone groups is 1. The molecule has 0 bridgehead atoms. The van der Waals surface area contributed by atoms with E-state index < -0.39 is 19.9 Å². The van der Waals surface area contributed by atoms with E-state index in [4.69, 9.17) is 5.14 Å². The number of aryl methyl sites for hydroxylation is 1. The van der Waals surface area contributed by atoms with Gasteiger partial charge in [0, 0.05) is 18.1 Å². The SMILES string of the molecule is Cc1cccc(-n2ccnc2S(=O)(=O)CCCS(N)(=O)=O)c1. The van der Waals surface area contributed by atoms with Gasteiger partial charge in [-0.05, 0) is 31.0 Å². The van der Waals surface area contributed by atoms with Crippen LogP contribution in [0.4, 0.5) is 0 Å². The van der Waals surface area contributed by atoms with E-state index in [2.05, 4.69) is 4.98 Å². The number of nitrogens with two attached hydrogens (primary N) is 1. The molecule has 9 heteroatoms. The van der Waals surface area contributed by atoms with E-state index in [1.165, 1.54) is 10.8 Å². The molecule has 0 amide bonds. The van der Waals surface area contributed by atoms with Crippen molar-refractivity contribution in [3.05, 3.63) is 42.2 Å². The van der Waals surface area contributed by atoms with E-state index in [1.54, 1.807) is 12.3 Å². The van der Waals surface area contributed by atoms with Crippen molar-refractivity contribution in [2.75, 3.05) is 11.5 Å². The molecular formula is C13H17N3O4S2. The molecule has 0 saturated heterocycles. The van der Waals surface area contributed by atoms with Crippen molar-refractivity contribution in [3.8, 4) is 5.69 Å². The summed E-state index contributed by atoms with van der Waals surface area (Å²) >= 11 is 0. The maximum Gasteiger partial charge on any atom is 0.232 e. The molecule has 0 radical (unpaired) electrons. The molecule has 2 N–H and O–H groups in total. The van der Waals surface area contributed by atoms with E-state index in [1.807, 2.05) is 25.1 Å². The first-order valence-electron chi connectivity index (χ1n) is 6.53. The second kappa shape index (κ2) is 6.19. The fraction of sp³-hybridized carbons (Fsp3) is 0.308. The number of aromatic nitrogens is 2. The van der Waals surface area contributed by atoms with E-state index in [0.717, 1.165) is 5.56 Å². The Balaban J connectivity index is 2.28. The Hall–Kier alpha value is -1.71. The molecule has 0 aliphatic carbocycles. The summed E-state index contributed by atoms with van der Waals surface area (Å²) in [6.07, 6.45) is 2.89. The van der Waals surface area contributed by atoms with E-state index in [-0.39, 0.29) is 23.1 Å². The molecule has 0 spiro atoms. The average Bonchev–Trinajstić information content (AvgIpc) is 2.86. The van der Waals surface area contributed by atoms with Crippen LogP contribution in [0.3, 0.4) is 0 Å². The lowest BCUT2D eigenvalue weighted by atomic mass is 10.2. The van der Waals surface area contributed by atoms with Gasteiger partial charge in [0.15, 0.2) is 0 Å². The zero-order chi connectivity index (χ0) is 16.4. The molecule has 1 aromatic heterocycles. The zero-order valence-electron chi connectivity index (χ0n) is 12.0. The summed E-state index contributed by atoms with van der Waals surface area (Å²) in [5, 5.41) is 4.77. The van der Waals surface area contributed by atoms with Crippen molar-refractivity contribution in [1.82, 2.24) is 9.55 Å². The minimum absolute atomic E-state index is 0.0676. The van der Waals surface area contributed by atoms with E-state index >= 15 is 0 Å². The lowest BCUT2D eigenvalue weighted by Crippen LogP contribution is -2.20. The Morgan fingerprint density at radius 3 is 2.55 bits per heavy atom. The molecule has 0 aliphatic heterocycles. The summed E-state index contributed by atoms with van der Waals surface area (Å²) in [6.45, 7) is 1.90. The molecule has 0 unspecified atom stereocenters. The third-order valence-corrected chi connectivity index (χ3v) is 5.55. The topological polar surface area (TPSA) is 112 Å². The van der Waals surface area contributed by atoms with Crippen LogP contribution in [-0.2, 0) is 19.9 Å². The third kappa shape index (κ3) is 4.15. The molecule has 1 heterocycles. The number of imidazole rings is 1. The third-order valence-electron chi connectivity index (χ3n) is 3.01. The van der Waals surface area contributed by atoms with Crippen LogP contribution in [0.2, 0.25) is 0 Å². The zero-order valence-corrected chi connectivity index (χ0v) is 13.6. The van der Waals surface area contributed by atoms with Crippen molar-refractivity contribution >= 4 is 19.9 Å². The molecule has 7 nitrogen and oxygen atoms in total. The first-order chi connectivity index (χ1) is 10.2. The molecule has 0 saturated carbocycles. The number of nitrogens with zero attached hydrogens (tertiary/aromatic N) is 2. The van der Waals surface area contributed by atoms with Crippen LogP contribution in [0.1, 0.15) is 12.0 Å². The second-order valence-electron chi connectivity index (χ2n) is 4.96. The van der Waals surface area contributed by atoms with Crippen molar-refractivity contribution < 1.29 is 16.8 Å².